The van der Waals surface area contributed by atoms with Crippen LogP contribution in [0.2, 0.25) is 0 Å². The van der Waals surface area contributed by atoms with Crippen molar-refractivity contribution >= 4 is 23.4 Å². The molecule has 1 N–H and O–H groups in total. The summed E-state index contributed by atoms with van der Waals surface area (Å²) in [5, 5.41) is 9.84. The van der Waals surface area contributed by atoms with E-state index in [2.05, 4.69) is 47.9 Å². The van der Waals surface area contributed by atoms with Crippen LogP contribution in [-0.4, -0.2) is 50.3 Å². The van der Waals surface area contributed by atoms with E-state index < -0.39 is 0 Å². The molecule has 1 atom stereocenters. The van der Waals surface area contributed by atoms with Crippen molar-refractivity contribution in [2.75, 3.05) is 11.9 Å². The number of phenolic OH excluding ortho intramolecular Hbond substituents is 1. The van der Waals surface area contributed by atoms with Gasteiger partial charge in [-0.3, -0.25) is 14.4 Å². The Hall–Kier alpha value is -5.63. The van der Waals surface area contributed by atoms with Crippen molar-refractivity contribution in [2.45, 2.75) is 77.7 Å². The number of hydrogen-bond acceptors (Lipinski definition) is 4. The molecule has 0 radical (unpaired) electrons. The summed E-state index contributed by atoms with van der Waals surface area (Å²) in [4.78, 5) is 48.1. The molecule has 3 amide bonds. The van der Waals surface area contributed by atoms with Gasteiger partial charge in [-0.1, -0.05) is 54.6 Å². The Labute approximate surface area is 304 Å². The molecule has 5 aromatic rings. The Morgan fingerprint density at radius 1 is 0.788 bits per heavy atom. The van der Waals surface area contributed by atoms with Crippen LogP contribution < -0.4 is 4.90 Å². The summed E-state index contributed by atoms with van der Waals surface area (Å²) >= 11 is 0. The van der Waals surface area contributed by atoms with E-state index in [4.69, 9.17) is 0 Å². The van der Waals surface area contributed by atoms with Crippen molar-refractivity contribution in [2.24, 2.45) is 0 Å². The Bertz CT molecular complexity index is 2170. The maximum atomic E-state index is 14.9. The molecule has 1 aromatic heterocycles. The fraction of sp³-hybridized carbons (Fsp3) is 0.295. The molecule has 0 unspecified atom stereocenters. The summed E-state index contributed by atoms with van der Waals surface area (Å²) in [7, 11) is 1.75. The number of aryl methyl sites for hydroxylation is 1. The fourth-order valence-corrected chi connectivity index (χ4v) is 8.23. The maximum absolute atomic E-state index is 14.9. The average Bonchev–Trinajstić information content (AvgIpc) is 3.78. The van der Waals surface area contributed by atoms with Crippen molar-refractivity contribution in [3.05, 3.63) is 142 Å². The van der Waals surface area contributed by atoms with Gasteiger partial charge in [0.15, 0.2) is 0 Å². The highest BCUT2D eigenvalue weighted by Crippen LogP contribution is 2.38. The normalized spacial score (nSPS) is 16.2. The van der Waals surface area contributed by atoms with Crippen molar-refractivity contribution in [1.82, 2.24) is 14.4 Å². The number of aromatic hydroxyl groups is 1. The summed E-state index contributed by atoms with van der Waals surface area (Å²) in [6, 6.07) is 31.2. The van der Waals surface area contributed by atoms with Gasteiger partial charge in [0.25, 0.3) is 11.8 Å². The standard InChI is InChI=1S/C44H44N4O4/c1-29-22-31-12-6-7-13-32(31)28-48(29)44(52)38-24-34-27-46(42(50)20-15-30-10-4-3-5-11-30)26-33(34)23-37(38)41-25-39(40-14-8-9-21-47(40)41)43(51)45(2)35-16-18-36(49)19-17-35/h3-7,10-13,16-19,23-25,29,49H,8-9,14-15,20-22,26-28H2,1-2H3/t29-/m1/s1. The van der Waals surface area contributed by atoms with Gasteiger partial charge in [-0.25, -0.2) is 0 Å². The maximum Gasteiger partial charge on any atom is 0.259 e. The predicted molar refractivity (Wildman–Crippen MR) is 202 cm³/mol. The summed E-state index contributed by atoms with van der Waals surface area (Å²) < 4.78 is 2.24. The van der Waals surface area contributed by atoms with Crippen LogP contribution in [0.15, 0.2) is 97.1 Å². The molecule has 3 aliphatic heterocycles. The largest absolute Gasteiger partial charge is 0.508 e. The van der Waals surface area contributed by atoms with Crippen molar-refractivity contribution in [1.29, 1.82) is 0 Å². The molecule has 0 saturated carbocycles. The number of phenols is 1. The summed E-state index contributed by atoms with van der Waals surface area (Å²) in [6.07, 6.45) is 4.62. The molecule has 264 valence electrons. The third-order valence-corrected chi connectivity index (χ3v) is 11.2. The number of hydrogen-bond donors (Lipinski definition) is 1. The Morgan fingerprint density at radius 2 is 1.50 bits per heavy atom. The Balaban J connectivity index is 1.18. The molecule has 0 spiro atoms. The number of amides is 3. The second-order valence-electron chi connectivity index (χ2n) is 14.5. The van der Waals surface area contributed by atoms with E-state index in [0.29, 0.717) is 49.3 Å². The minimum Gasteiger partial charge on any atom is -0.508 e. The molecule has 0 saturated heterocycles. The van der Waals surface area contributed by atoms with Gasteiger partial charge in [-0.2, -0.15) is 0 Å². The van der Waals surface area contributed by atoms with Gasteiger partial charge in [0.1, 0.15) is 5.75 Å². The minimum atomic E-state index is -0.131. The number of carbonyl (C=O) groups excluding carboxylic acids is 3. The molecule has 4 heterocycles. The zero-order valence-electron chi connectivity index (χ0n) is 29.8. The van der Waals surface area contributed by atoms with E-state index in [1.165, 1.54) is 5.56 Å². The predicted octanol–water partition coefficient (Wildman–Crippen LogP) is 7.54. The average molecular weight is 693 g/mol. The first kappa shape index (κ1) is 33.5. The van der Waals surface area contributed by atoms with Gasteiger partial charge in [0.05, 0.1) is 5.56 Å². The Morgan fingerprint density at radius 3 is 2.27 bits per heavy atom. The van der Waals surface area contributed by atoms with Crippen LogP contribution in [0.25, 0.3) is 11.3 Å². The quantitative estimate of drug-likeness (QED) is 0.191. The van der Waals surface area contributed by atoms with Crippen LogP contribution in [0.4, 0.5) is 5.69 Å². The molecular weight excluding hydrogens is 649 g/mol. The van der Waals surface area contributed by atoms with Gasteiger partial charge in [-0.05, 0) is 109 Å². The third kappa shape index (κ3) is 6.27. The summed E-state index contributed by atoms with van der Waals surface area (Å²) in [6.45, 7) is 4.35. The monoisotopic (exact) mass is 692 g/mol. The van der Waals surface area contributed by atoms with Gasteiger partial charge in [-0.15, -0.1) is 0 Å². The highest BCUT2D eigenvalue weighted by molar-refractivity contribution is 6.08. The smallest absolute Gasteiger partial charge is 0.259 e. The molecule has 0 aliphatic carbocycles. The zero-order valence-corrected chi connectivity index (χ0v) is 29.8. The SMILES string of the molecule is C[C@@H]1Cc2ccccc2CN1C(=O)c1cc2c(cc1-c1cc(C(=O)N(C)c3ccc(O)cc3)c3n1CCCC3)CN(C(=O)CCc1ccccc1)C2. The van der Waals surface area contributed by atoms with Crippen LogP contribution in [0.1, 0.15) is 80.4 Å². The van der Waals surface area contributed by atoms with E-state index in [-0.39, 0.29) is 29.5 Å². The van der Waals surface area contributed by atoms with Crippen LogP contribution in [-0.2, 0) is 50.2 Å². The lowest BCUT2D eigenvalue weighted by atomic mass is 9.92. The molecule has 8 nitrogen and oxygen atoms in total. The van der Waals surface area contributed by atoms with E-state index in [1.54, 1.807) is 36.2 Å². The lowest BCUT2D eigenvalue weighted by Gasteiger charge is -2.35. The molecule has 8 rings (SSSR count). The fourth-order valence-electron chi connectivity index (χ4n) is 8.23. The number of anilines is 1. The lowest BCUT2D eigenvalue weighted by molar-refractivity contribution is -0.131. The van der Waals surface area contributed by atoms with Crippen LogP contribution >= 0.6 is 0 Å². The van der Waals surface area contributed by atoms with Gasteiger partial charge >= 0.3 is 0 Å². The van der Waals surface area contributed by atoms with E-state index in [9.17, 15) is 19.5 Å². The number of aromatic nitrogens is 1. The second-order valence-corrected chi connectivity index (χ2v) is 14.5. The highest BCUT2D eigenvalue weighted by Gasteiger charge is 2.34. The number of fused-ring (bicyclic) bond motifs is 3. The van der Waals surface area contributed by atoms with Crippen molar-refractivity contribution in [3.63, 3.8) is 0 Å². The van der Waals surface area contributed by atoms with Crippen LogP contribution in [0.5, 0.6) is 5.75 Å². The van der Waals surface area contributed by atoms with Crippen molar-refractivity contribution in [3.8, 4) is 17.0 Å². The van der Waals surface area contributed by atoms with Gasteiger partial charge in [0, 0.05) is 73.9 Å². The molecule has 0 fully saturated rings. The summed E-state index contributed by atoms with van der Waals surface area (Å²) in [5.74, 6) is 0.0769. The first-order valence-electron chi connectivity index (χ1n) is 18.4. The second kappa shape index (κ2) is 13.8. The lowest BCUT2D eigenvalue weighted by Crippen LogP contribution is -2.42. The highest BCUT2D eigenvalue weighted by atomic mass is 16.3. The van der Waals surface area contributed by atoms with E-state index in [0.717, 1.165) is 71.4 Å². The van der Waals surface area contributed by atoms with Crippen molar-refractivity contribution < 1.29 is 19.5 Å². The topological polar surface area (TPSA) is 86.1 Å². The molecule has 4 aromatic carbocycles. The van der Waals surface area contributed by atoms with Crippen LogP contribution in [0.3, 0.4) is 0 Å². The zero-order chi connectivity index (χ0) is 35.9. The van der Waals surface area contributed by atoms with Crippen LogP contribution in [0, 0.1) is 0 Å². The van der Waals surface area contributed by atoms with E-state index >= 15 is 0 Å². The molecule has 3 aliphatic rings. The van der Waals surface area contributed by atoms with Gasteiger partial charge < -0.3 is 24.4 Å². The number of benzene rings is 4. The molecule has 8 heteroatoms. The number of rotatable bonds is 7. The third-order valence-electron chi connectivity index (χ3n) is 11.2. The van der Waals surface area contributed by atoms with E-state index in [1.807, 2.05) is 46.2 Å². The Kier molecular flexibility index (Phi) is 8.91. The molecular formula is C44H44N4O4. The summed E-state index contributed by atoms with van der Waals surface area (Å²) in [5.41, 5.74) is 10.2. The molecule has 0 bridgehead atoms. The number of nitrogens with zero attached hydrogens (tertiary/aromatic N) is 4. The van der Waals surface area contributed by atoms with Gasteiger partial charge in [0.2, 0.25) is 5.91 Å². The first-order valence-corrected chi connectivity index (χ1v) is 18.4. The number of carbonyl (C=O) groups is 3. The minimum absolute atomic E-state index is 0.0110. The first-order chi connectivity index (χ1) is 25.2. The molecule has 52 heavy (non-hydrogen) atoms.